The van der Waals surface area contributed by atoms with Crippen LogP contribution in [-0.4, -0.2) is 19.1 Å². The van der Waals surface area contributed by atoms with Crippen LogP contribution in [0.3, 0.4) is 0 Å². The van der Waals surface area contributed by atoms with Crippen LogP contribution in [0.25, 0.3) is 0 Å². The third-order valence-corrected chi connectivity index (χ3v) is 1.27. The zero-order valence-electron chi connectivity index (χ0n) is 7.25. The van der Waals surface area contributed by atoms with E-state index in [0.29, 0.717) is 0 Å². The molecular formula is C9H16N4. The molecule has 0 N–H and O–H groups in total. The van der Waals surface area contributed by atoms with Crippen molar-refractivity contribution >= 4 is 0 Å². The van der Waals surface area contributed by atoms with Crippen LogP contribution in [0.15, 0.2) is 37.4 Å². The molecule has 0 aromatic carbocycles. The van der Waals surface area contributed by atoms with Gasteiger partial charge in [0.15, 0.2) is 0 Å². The van der Waals surface area contributed by atoms with Gasteiger partial charge >= 0.3 is 0 Å². The lowest BCUT2D eigenvalue weighted by molar-refractivity contribution is 0.913. The first-order valence-corrected chi connectivity index (χ1v) is 3.63. The van der Waals surface area contributed by atoms with Gasteiger partial charge in [0.2, 0.25) is 0 Å². The number of aromatic nitrogens is 4. The molecule has 2 heterocycles. The van der Waals surface area contributed by atoms with Crippen molar-refractivity contribution in [2.24, 2.45) is 14.1 Å². The SMILES string of the molecule is C.Cn1ccnc1.Cn1ccnc1. The Morgan fingerprint density at radius 3 is 1.31 bits per heavy atom. The molecule has 2 aromatic rings. The summed E-state index contributed by atoms with van der Waals surface area (Å²) in [5, 5.41) is 0. The van der Waals surface area contributed by atoms with Gasteiger partial charge in [-0.2, -0.15) is 0 Å². The van der Waals surface area contributed by atoms with Crippen LogP contribution in [0.4, 0.5) is 0 Å². The van der Waals surface area contributed by atoms with Crippen molar-refractivity contribution < 1.29 is 0 Å². The van der Waals surface area contributed by atoms with Gasteiger partial charge < -0.3 is 9.13 Å². The van der Waals surface area contributed by atoms with E-state index in [2.05, 4.69) is 9.97 Å². The van der Waals surface area contributed by atoms with Crippen molar-refractivity contribution in [2.75, 3.05) is 0 Å². The fourth-order valence-corrected chi connectivity index (χ4v) is 0.652. The standard InChI is InChI=1S/2C4H6N2.CH4/c2*1-6-3-2-5-4-6;/h2*2-4H,1H3;1H4. The van der Waals surface area contributed by atoms with E-state index < -0.39 is 0 Å². The summed E-state index contributed by atoms with van der Waals surface area (Å²) in [4.78, 5) is 7.57. The molecule has 0 spiro atoms. The van der Waals surface area contributed by atoms with Crippen molar-refractivity contribution in [1.29, 1.82) is 0 Å². The maximum absolute atomic E-state index is 3.78. The van der Waals surface area contributed by atoms with E-state index >= 15 is 0 Å². The molecule has 13 heavy (non-hydrogen) atoms. The van der Waals surface area contributed by atoms with Crippen LogP contribution >= 0.6 is 0 Å². The molecule has 0 aliphatic rings. The predicted octanol–water partition coefficient (Wildman–Crippen LogP) is 1.48. The van der Waals surface area contributed by atoms with Crippen LogP contribution in [0.1, 0.15) is 7.43 Å². The summed E-state index contributed by atoms with van der Waals surface area (Å²) in [6, 6.07) is 0. The highest BCUT2D eigenvalue weighted by molar-refractivity contribution is 4.70. The Labute approximate surface area is 78.9 Å². The van der Waals surface area contributed by atoms with Crippen LogP contribution in [0.5, 0.6) is 0 Å². The average Bonchev–Trinajstić information content (AvgIpc) is 2.63. The van der Waals surface area contributed by atoms with Crippen LogP contribution < -0.4 is 0 Å². The highest BCUT2D eigenvalue weighted by Crippen LogP contribution is 1.74. The number of aryl methyl sites for hydroxylation is 2. The van der Waals surface area contributed by atoms with Crippen molar-refractivity contribution in [2.45, 2.75) is 7.43 Å². The van der Waals surface area contributed by atoms with E-state index in [1.54, 1.807) is 25.0 Å². The normalized spacial score (nSPS) is 8.15. The van der Waals surface area contributed by atoms with Gasteiger partial charge in [-0.15, -0.1) is 0 Å². The second-order valence-electron chi connectivity index (χ2n) is 2.46. The molecule has 0 amide bonds. The molecule has 4 heteroatoms. The minimum atomic E-state index is 0. The van der Waals surface area contributed by atoms with Gasteiger partial charge in [-0.25, -0.2) is 9.97 Å². The molecule has 2 aromatic heterocycles. The van der Waals surface area contributed by atoms with E-state index in [-0.39, 0.29) is 7.43 Å². The van der Waals surface area contributed by atoms with Crippen LogP contribution in [0.2, 0.25) is 0 Å². The van der Waals surface area contributed by atoms with Crippen LogP contribution in [-0.2, 0) is 14.1 Å². The lowest BCUT2D eigenvalue weighted by Crippen LogP contribution is -1.76. The molecule has 0 aliphatic carbocycles. The van der Waals surface area contributed by atoms with Crippen molar-refractivity contribution in [3.63, 3.8) is 0 Å². The summed E-state index contributed by atoms with van der Waals surface area (Å²) in [6.07, 6.45) is 10.8. The van der Waals surface area contributed by atoms with E-state index in [1.807, 2.05) is 35.6 Å². The zero-order chi connectivity index (χ0) is 8.81. The lowest BCUT2D eigenvalue weighted by Gasteiger charge is -1.76. The monoisotopic (exact) mass is 180 g/mol. The third kappa shape index (κ3) is 4.79. The van der Waals surface area contributed by atoms with E-state index in [1.165, 1.54) is 0 Å². The molecule has 0 radical (unpaired) electrons. The lowest BCUT2D eigenvalue weighted by atomic mass is 10.9. The first-order valence-electron chi connectivity index (χ1n) is 3.63. The number of rotatable bonds is 0. The molecule has 0 saturated carbocycles. The molecule has 2 rings (SSSR count). The van der Waals surface area contributed by atoms with E-state index in [4.69, 9.17) is 0 Å². The van der Waals surface area contributed by atoms with Gasteiger partial charge in [-0.1, -0.05) is 7.43 Å². The number of nitrogens with zero attached hydrogens (tertiary/aromatic N) is 4. The third-order valence-electron chi connectivity index (χ3n) is 1.27. The Hall–Kier alpha value is -1.58. The van der Waals surface area contributed by atoms with Crippen molar-refractivity contribution in [1.82, 2.24) is 19.1 Å². The molecule has 0 atom stereocenters. The summed E-state index contributed by atoms with van der Waals surface area (Å²) in [6.45, 7) is 0. The van der Waals surface area contributed by atoms with E-state index in [9.17, 15) is 0 Å². The highest BCUT2D eigenvalue weighted by atomic mass is 15.0. The van der Waals surface area contributed by atoms with Crippen molar-refractivity contribution in [3.05, 3.63) is 37.4 Å². The predicted molar refractivity (Wildman–Crippen MR) is 53.1 cm³/mol. The van der Waals surface area contributed by atoms with Crippen molar-refractivity contribution in [3.8, 4) is 0 Å². The Bertz CT molecular complexity index is 251. The zero-order valence-corrected chi connectivity index (χ0v) is 7.25. The maximum atomic E-state index is 3.78. The van der Waals surface area contributed by atoms with Gasteiger partial charge in [0.05, 0.1) is 12.7 Å². The summed E-state index contributed by atoms with van der Waals surface area (Å²) in [7, 11) is 3.88. The summed E-state index contributed by atoms with van der Waals surface area (Å²) in [5.74, 6) is 0. The summed E-state index contributed by atoms with van der Waals surface area (Å²) >= 11 is 0. The summed E-state index contributed by atoms with van der Waals surface area (Å²) in [5.41, 5.74) is 0. The first-order chi connectivity index (χ1) is 5.79. The number of hydrogen-bond donors (Lipinski definition) is 0. The maximum Gasteiger partial charge on any atom is 0.0943 e. The minimum Gasteiger partial charge on any atom is -0.341 e. The first kappa shape index (κ1) is 11.4. The molecule has 4 nitrogen and oxygen atoms in total. The second-order valence-corrected chi connectivity index (χ2v) is 2.46. The van der Waals surface area contributed by atoms with Gasteiger partial charge in [0.25, 0.3) is 0 Å². The van der Waals surface area contributed by atoms with Gasteiger partial charge in [0, 0.05) is 38.9 Å². The Balaban J connectivity index is 0.000000206. The molecule has 0 bridgehead atoms. The Morgan fingerprint density at radius 1 is 0.846 bits per heavy atom. The number of imidazole rings is 2. The minimum absolute atomic E-state index is 0. The molecule has 0 unspecified atom stereocenters. The average molecular weight is 180 g/mol. The van der Waals surface area contributed by atoms with E-state index in [0.717, 1.165) is 0 Å². The van der Waals surface area contributed by atoms with Crippen LogP contribution in [0, 0.1) is 0 Å². The molecule has 0 saturated heterocycles. The number of hydrogen-bond acceptors (Lipinski definition) is 2. The summed E-state index contributed by atoms with van der Waals surface area (Å²) < 4.78 is 3.78. The topological polar surface area (TPSA) is 35.6 Å². The fourth-order valence-electron chi connectivity index (χ4n) is 0.652. The fraction of sp³-hybridized carbons (Fsp3) is 0.333. The molecule has 72 valence electrons. The van der Waals surface area contributed by atoms with Gasteiger partial charge in [-0.05, 0) is 0 Å². The molecule has 0 aliphatic heterocycles. The quantitative estimate of drug-likeness (QED) is 0.615. The second kappa shape index (κ2) is 5.99. The largest absolute Gasteiger partial charge is 0.341 e. The molecule has 0 fully saturated rings. The van der Waals surface area contributed by atoms with Gasteiger partial charge in [0.1, 0.15) is 0 Å². The Kier molecular flexibility index (Phi) is 5.27. The smallest absolute Gasteiger partial charge is 0.0943 e. The molecular weight excluding hydrogens is 164 g/mol. The van der Waals surface area contributed by atoms with Gasteiger partial charge in [-0.3, -0.25) is 0 Å². The Morgan fingerprint density at radius 2 is 1.23 bits per heavy atom. The highest BCUT2D eigenvalue weighted by Gasteiger charge is 1.69.